The first kappa shape index (κ1) is 15.3. The Hall–Kier alpha value is -2.63. The van der Waals surface area contributed by atoms with Crippen molar-refractivity contribution in [3.05, 3.63) is 54.2 Å². The molecule has 3 rings (SSSR count). The first-order valence-corrected chi connectivity index (χ1v) is 7.67. The normalized spacial score (nSPS) is 18.9. The molecular weight excluding hydrogens is 294 g/mol. The summed E-state index contributed by atoms with van der Waals surface area (Å²) in [7, 11) is 0. The fourth-order valence-electron chi connectivity index (χ4n) is 2.82. The number of pyridine rings is 1. The summed E-state index contributed by atoms with van der Waals surface area (Å²) in [6.07, 6.45) is 5.88. The second-order valence-electron chi connectivity index (χ2n) is 5.67. The lowest BCUT2D eigenvalue weighted by molar-refractivity contribution is -0.136. The number of rotatable bonds is 5. The van der Waals surface area contributed by atoms with Gasteiger partial charge in [0.1, 0.15) is 11.8 Å². The summed E-state index contributed by atoms with van der Waals surface area (Å²) in [4.78, 5) is 30.2. The Morgan fingerprint density at radius 3 is 2.91 bits per heavy atom. The van der Waals surface area contributed by atoms with Crippen LogP contribution in [0.25, 0.3) is 0 Å². The fraction of sp³-hybridized carbons (Fsp3) is 0.353. The van der Waals surface area contributed by atoms with Crippen LogP contribution >= 0.6 is 0 Å². The maximum Gasteiger partial charge on any atom is 0.243 e. The predicted molar refractivity (Wildman–Crippen MR) is 83.1 cm³/mol. The highest BCUT2D eigenvalue weighted by Gasteiger charge is 2.36. The van der Waals surface area contributed by atoms with Crippen LogP contribution in [-0.2, 0) is 16.1 Å². The summed E-state index contributed by atoms with van der Waals surface area (Å²) < 4.78 is 5.29. The van der Waals surface area contributed by atoms with Gasteiger partial charge in [0, 0.05) is 18.8 Å². The number of nitrogens with one attached hydrogen (secondary N) is 1. The van der Waals surface area contributed by atoms with E-state index in [1.54, 1.807) is 35.7 Å². The van der Waals surface area contributed by atoms with Crippen LogP contribution in [0.5, 0.6) is 0 Å². The summed E-state index contributed by atoms with van der Waals surface area (Å²) in [6, 6.07) is 6.73. The number of aromatic nitrogens is 1. The van der Waals surface area contributed by atoms with Gasteiger partial charge in [0.05, 0.1) is 18.8 Å². The molecule has 2 amide bonds. The van der Waals surface area contributed by atoms with E-state index in [0.29, 0.717) is 25.1 Å². The third-order valence-corrected chi connectivity index (χ3v) is 4.10. The molecule has 2 atom stereocenters. The molecule has 0 radical (unpaired) electrons. The van der Waals surface area contributed by atoms with E-state index < -0.39 is 6.04 Å². The molecule has 1 aliphatic heterocycles. The Bertz CT molecular complexity index is 670. The number of nitrogens with zero attached hydrogens (tertiary/aromatic N) is 2. The molecule has 23 heavy (non-hydrogen) atoms. The van der Waals surface area contributed by atoms with Crippen LogP contribution < -0.4 is 5.32 Å². The first-order chi connectivity index (χ1) is 11.1. The van der Waals surface area contributed by atoms with Gasteiger partial charge in [-0.3, -0.25) is 14.6 Å². The van der Waals surface area contributed by atoms with Crippen molar-refractivity contribution >= 4 is 11.8 Å². The molecule has 1 N–H and O–H groups in total. The van der Waals surface area contributed by atoms with E-state index in [0.717, 1.165) is 5.56 Å². The molecule has 1 saturated heterocycles. The molecule has 0 aliphatic carbocycles. The van der Waals surface area contributed by atoms with Gasteiger partial charge in [-0.25, -0.2) is 0 Å². The van der Waals surface area contributed by atoms with Gasteiger partial charge in [0.25, 0.3) is 0 Å². The van der Waals surface area contributed by atoms with Crippen LogP contribution in [0.4, 0.5) is 0 Å². The van der Waals surface area contributed by atoms with Gasteiger partial charge in [-0.15, -0.1) is 0 Å². The van der Waals surface area contributed by atoms with Crippen molar-refractivity contribution < 1.29 is 14.0 Å². The van der Waals surface area contributed by atoms with Gasteiger partial charge in [0.15, 0.2) is 0 Å². The highest BCUT2D eigenvalue weighted by molar-refractivity contribution is 5.91. The van der Waals surface area contributed by atoms with Gasteiger partial charge in [-0.05, 0) is 43.2 Å². The molecule has 0 aromatic carbocycles. The van der Waals surface area contributed by atoms with Crippen molar-refractivity contribution in [3.63, 3.8) is 0 Å². The van der Waals surface area contributed by atoms with Gasteiger partial charge in [-0.1, -0.05) is 0 Å². The minimum absolute atomic E-state index is 0.0156. The zero-order chi connectivity index (χ0) is 16.2. The van der Waals surface area contributed by atoms with Gasteiger partial charge < -0.3 is 14.6 Å². The number of carbonyl (C=O) groups is 2. The molecule has 0 bridgehead atoms. The number of hydrogen-bond donors (Lipinski definition) is 1. The maximum atomic E-state index is 12.6. The average Bonchev–Trinajstić information content (AvgIpc) is 3.19. The zero-order valence-electron chi connectivity index (χ0n) is 12.9. The Balaban J connectivity index is 1.67. The lowest BCUT2D eigenvalue weighted by Gasteiger charge is -2.25. The third kappa shape index (κ3) is 3.41. The summed E-state index contributed by atoms with van der Waals surface area (Å²) in [5, 5.41) is 2.98. The number of amides is 2. The van der Waals surface area contributed by atoms with E-state index in [1.165, 1.54) is 0 Å². The second kappa shape index (κ2) is 6.64. The van der Waals surface area contributed by atoms with Crippen molar-refractivity contribution in [1.82, 2.24) is 15.2 Å². The van der Waals surface area contributed by atoms with Crippen molar-refractivity contribution in [2.24, 2.45) is 0 Å². The van der Waals surface area contributed by atoms with Crippen LogP contribution in [0.3, 0.4) is 0 Å². The molecule has 3 heterocycles. The van der Waals surface area contributed by atoms with Crippen molar-refractivity contribution in [2.75, 3.05) is 0 Å². The van der Waals surface area contributed by atoms with Crippen LogP contribution in [0.1, 0.15) is 37.1 Å². The Morgan fingerprint density at radius 2 is 2.22 bits per heavy atom. The lowest BCUT2D eigenvalue weighted by Crippen LogP contribution is -2.44. The van der Waals surface area contributed by atoms with E-state index in [2.05, 4.69) is 10.3 Å². The average molecular weight is 313 g/mol. The highest BCUT2D eigenvalue weighted by Crippen LogP contribution is 2.23. The molecule has 0 unspecified atom stereocenters. The molecule has 120 valence electrons. The number of hydrogen-bond acceptors (Lipinski definition) is 4. The fourth-order valence-corrected chi connectivity index (χ4v) is 2.82. The molecule has 6 nitrogen and oxygen atoms in total. The van der Waals surface area contributed by atoms with Crippen molar-refractivity contribution in [2.45, 2.75) is 38.4 Å². The summed E-state index contributed by atoms with van der Waals surface area (Å²) in [6.45, 7) is 2.24. The zero-order valence-corrected chi connectivity index (χ0v) is 12.9. The molecule has 1 aliphatic rings. The number of likely N-dealkylation sites (tertiary alicyclic amines) is 1. The number of carbonyl (C=O) groups excluding carboxylic acids is 2. The van der Waals surface area contributed by atoms with E-state index in [-0.39, 0.29) is 17.9 Å². The summed E-state index contributed by atoms with van der Waals surface area (Å²) >= 11 is 0. The molecule has 1 fully saturated rings. The predicted octanol–water partition coefficient (Wildman–Crippen LogP) is 2.04. The van der Waals surface area contributed by atoms with E-state index in [4.69, 9.17) is 4.42 Å². The van der Waals surface area contributed by atoms with Gasteiger partial charge >= 0.3 is 0 Å². The standard InChI is InChI=1S/C17H19N3O3/c1-12(13-6-8-18-9-7-13)19-17(22)15-4-5-16(21)20(15)11-14-3-2-10-23-14/h2-3,6-10,12,15H,4-5,11H2,1H3,(H,19,22)/t12-,15+/m1/s1. The first-order valence-electron chi connectivity index (χ1n) is 7.67. The third-order valence-electron chi connectivity index (χ3n) is 4.10. The van der Waals surface area contributed by atoms with E-state index in [9.17, 15) is 9.59 Å². The highest BCUT2D eigenvalue weighted by atomic mass is 16.3. The van der Waals surface area contributed by atoms with Crippen LogP contribution in [0.15, 0.2) is 47.3 Å². The maximum absolute atomic E-state index is 12.6. The minimum atomic E-state index is -0.447. The van der Waals surface area contributed by atoms with E-state index in [1.807, 2.05) is 19.1 Å². The van der Waals surface area contributed by atoms with Gasteiger partial charge in [0.2, 0.25) is 11.8 Å². The van der Waals surface area contributed by atoms with Crippen LogP contribution in [0.2, 0.25) is 0 Å². The Kier molecular flexibility index (Phi) is 4.41. The monoisotopic (exact) mass is 313 g/mol. The minimum Gasteiger partial charge on any atom is -0.467 e. The lowest BCUT2D eigenvalue weighted by atomic mass is 10.1. The quantitative estimate of drug-likeness (QED) is 0.916. The van der Waals surface area contributed by atoms with E-state index >= 15 is 0 Å². The van der Waals surface area contributed by atoms with Crippen LogP contribution in [-0.4, -0.2) is 27.7 Å². The summed E-state index contributed by atoms with van der Waals surface area (Å²) in [5.74, 6) is 0.532. The summed E-state index contributed by atoms with van der Waals surface area (Å²) in [5.41, 5.74) is 0.982. The smallest absolute Gasteiger partial charge is 0.243 e. The van der Waals surface area contributed by atoms with Crippen molar-refractivity contribution in [3.8, 4) is 0 Å². The van der Waals surface area contributed by atoms with Crippen molar-refractivity contribution in [1.29, 1.82) is 0 Å². The SMILES string of the molecule is C[C@@H](NC(=O)[C@@H]1CCC(=O)N1Cc1ccco1)c1ccncc1. The number of furan rings is 1. The molecule has 0 saturated carbocycles. The topological polar surface area (TPSA) is 75.4 Å². The van der Waals surface area contributed by atoms with Gasteiger partial charge in [-0.2, -0.15) is 0 Å². The molecule has 2 aromatic heterocycles. The molecule has 6 heteroatoms. The largest absolute Gasteiger partial charge is 0.467 e. The Labute approximate surface area is 134 Å². The molecule has 0 spiro atoms. The Morgan fingerprint density at radius 1 is 1.43 bits per heavy atom. The molecular formula is C17H19N3O3. The molecule has 2 aromatic rings. The second-order valence-corrected chi connectivity index (χ2v) is 5.67. The van der Waals surface area contributed by atoms with Crippen LogP contribution in [0, 0.1) is 0 Å².